The summed E-state index contributed by atoms with van der Waals surface area (Å²) in [4.78, 5) is 1.36. The number of rotatable bonds is 4. The number of hydrogen-bond donors (Lipinski definition) is 2. The van der Waals surface area contributed by atoms with E-state index in [1.807, 2.05) is 0 Å². The summed E-state index contributed by atoms with van der Waals surface area (Å²) in [6.45, 7) is 5.19. The van der Waals surface area contributed by atoms with Gasteiger partial charge in [-0.15, -0.1) is 11.3 Å². The number of hydrazine groups is 1. The van der Waals surface area contributed by atoms with Gasteiger partial charge in [-0.3, -0.25) is 11.3 Å². The summed E-state index contributed by atoms with van der Waals surface area (Å²) < 4.78 is 5.74. The largest absolute Gasteiger partial charge is 0.378 e. The Balaban J connectivity index is 2.19. The average Bonchev–Trinajstić information content (AvgIpc) is 2.90. The molecule has 0 aliphatic carbocycles. The Hall–Kier alpha value is -0.420. The fourth-order valence-electron chi connectivity index (χ4n) is 2.56. The minimum Gasteiger partial charge on any atom is -0.378 e. The van der Waals surface area contributed by atoms with Gasteiger partial charge in [0.15, 0.2) is 0 Å². The highest BCUT2D eigenvalue weighted by Gasteiger charge is 2.35. The third-order valence-corrected chi connectivity index (χ3v) is 4.56. The maximum absolute atomic E-state index is 5.74. The van der Waals surface area contributed by atoms with Gasteiger partial charge in [-0.05, 0) is 36.8 Å². The van der Waals surface area contributed by atoms with Crippen LogP contribution in [0.1, 0.15) is 36.2 Å². The fraction of sp³-hybridized carbons (Fsp3) is 0.667. The van der Waals surface area contributed by atoms with Crippen LogP contribution in [0.4, 0.5) is 0 Å². The van der Waals surface area contributed by atoms with Gasteiger partial charge in [-0.2, -0.15) is 0 Å². The molecule has 16 heavy (non-hydrogen) atoms. The molecule has 1 aromatic heterocycles. The molecule has 0 radical (unpaired) electrons. The van der Waals surface area contributed by atoms with Crippen LogP contribution in [0.2, 0.25) is 0 Å². The number of nitrogens with two attached hydrogens (primary N) is 1. The third-order valence-electron chi connectivity index (χ3n) is 3.45. The smallest absolute Gasteiger partial charge is 0.0620 e. The van der Waals surface area contributed by atoms with Gasteiger partial charge in [-0.1, -0.05) is 6.92 Å². The predicted octanol–water partition coefficient (Wildman–Crippen LogP) is 2.38. The first-order valence-electron chi connectivity index (χ1n) is 5.89. The Kier molecular flexibility index (Phi) is 3.97. The standard InChI is InChI=1S/C12H20N2OS/c1-3-10-9(4-6-15-10)11(14-13)12-8(2)5-7-16-12/h5,7,9-11,14H,3-4,6,13H2,1-2H3. The maximum atomic E-state index is 5.74. The minimum absolute atomic E-state index is 0.243. The van der Waals surface area contributed by atoms with Gasteiger partial charge < -0.3 is 4.74 Å². The van der Waals surface area contributed by atoms with Crippen LogP contribution in [0, 0.1) is 12.8 Å². The van der Waals surface area contributed by atoms with E-state index in [2.05, 4.69) is 30.7 Å². The molecule has 0 aromatic carbocycles. The second-order valence-corrected chi connectivity index (χ2v) is 5.33. The highest BCUT2D eigenvalue weighted by Crippen LogP contribution is 2.37. The number of thiophene rings is 1. The fourth-order valence-corrected chi connectivity index (χ4v) is 3.63. The SMILES string of the molecule is CCC1OCCC1C(NN)c1sccc1C. The van der Waals surface area contributed by atoms with E-state index >= 15 is 0 Å². The lowest BCUT2D eigenvalue weighted by Crippen LogP contribution is -2.36. The number of ether oxygens (including phenoxy) is 1. The summed E-state index contributed by atoms with van der Waals surface area (Å²) in [6, 6.07) is 2.40. The maximum Gasteiger partial charge on any atom is 0.0620 e. The quantitative estimate of drug-likeness (QED) is 0.627. The first-order valence-corrected chi connectivity index (χ1v) is 6.77. The van der Waals surface area contributed by atoms with Crippen molar-refractivity contribution in [1.82, 2.24) is 5.43 Å². The van der Waals surface area contributed by atoms with Crippen molar-refractivity contribution in [2.75, 3.05) is 6.61 Å². The molecule has 1 aromatic rings. The molecule has 3 N–H and O–H groups in total. The average molecular weight is 240 g/mol. The third kappa shape index (κ3) is 2.15. The Labute approximate surface area is 101 Å². The topological polar surface area (TPSA) is 47.3 Å². The molecule has 3 unspecified atom stereocenters. The lowest BCUT2D eigenvalue weighted by Gasteiger charge is -2.26. The van der Waals surface area contributed by atoms with Gasteiger partial charge in [0.05, 0.1) is 12.1 Å². The summed E-state index contributed by atoms with van der Waals surface area (Å²) in [5.41, 5.74) is 4.31. The van der Waals surface area contributed by atoms with Gasteiger partial charge in [0, 0.05) is 17.4 Å². The number of hydrogen-bond acceptors (Lipinski definition) is 4. The van der Waals surface area contributed by atoms with Crippen LogP contribution in [0.3, 0.4) is 0 Å². The summed E-state index contributed by atoms with van der Waals surface area (Å²) in [6.07, 6.45) is 2.51. The second-order valence-electron chi connectivity index (χ2n) is 4.38. The van der Waals surface area contributed by atoms with Crippen LogP contribution in [-0.4, -0.2) is 12.7 Å². The summed E-state index contributed by atoms with van der Waals surface area (Å²) in [5, 5.41) is 2.13. The molecule has 0 amide bonds. The van der Waals surface area contributed by atoms with Crippen molar-refractivity contribution in [2.24, 2.45) is 11.8 Å². The molecular formula is C12H20N2OS. The van der Waals surface area contributed by atoms with Crippen LogP contribution in [0.25, 0.3) is 0 Å². The van der Waals surface area contributed by atoms with Crippen molar-refractivity contribution < 1.29 is 4.74 Å². The number of nitrogens with one attached hydrogen (secondary N) is 1. The van der Waals surface area contributed by atoms with E-state index in [9.17, 15) is 0 Å². The first-order chi connectivity index (χ1) is 7.77. The molecule has 0 bridgehead atoms. The van der Waals surface area contributed by atoms with Crippen LogP contribution in [0.15, 0.2) is 11.4 Å². The molecule has 2 rings (SSSR count). The van der Waals surface area contributed by atoms with Crippen LogP contribution < -0.4 is 11.3 Å². The highest BCUT2D eigenvalue weighted by molar-refractivity contribution is 7.10. The van der Waals surface area contributed by atoms with E-state index in [0.717, 1.165) is 19.4 Å². The van der Waals surface area contributed by atoms with E-state index in [1.54, 1.807) is 11.3 Å². The van der Waals surface area contributed by atoms with Gasteiger partial charge >= 0.3 is 0 Å². The molecule has 1 saturated heterocycles. The summed E-state index contributed by atoms with van der Waals surface area (Å²) >= 11 is 1.78. The normalized spacial score (nSPS) is 27.2. The molecule has 0 spiro atoms. The second kappa shape index (κ2) is 5.27. The zero-order chi connectivity index (χ0) is 11.5. The molecule has 0 saturated carbocycles. The van der Waals surface area contributed by atoms with Crippen LogP contribution in [-0.2, 0) is 4.74 Å². The Morgan fingerprint density at radius 1 is 1.69 bits per heavy atom. The molecule has 1 aliphatic heterocycles. The van der Waals surface area contributed by atoms with Crippen molar-refractivity contribution in [2.45, 2.75) is 38.8 Å². The van der Waals surface area contributed by atoms with E-state index < -0.39 is 0 Å². The zero-order valence-electron chi connectivity index (χ0n) is 9.90. The molecule has 2 heterocycles. The van der Waals surface area contributed by atoms with E-state index in [1.165, 1.54) is 10.4 Å². The first kappa shape index (κ1) is 12.0. The van der Waals surface area contributed by atoms with Gasteiger partial charge in [0.25, 0.3) is 0 Å². The lowest BCUT2D eigenvalue weighted by molar-refractivity contribution is 0.0777. The van der Waals surface area contributed by atoms with E-state index in [-0.39, 0.29) is 6.04 Å². The molecule has 90 valence electrons. The Bertz CT molecular complexity index is 340. The molecule has 1 aliphatic rings. The lowest BCUT2D eigenvalue weighted by atomic mass is 9.89. The molecule has 3 atom stereocenters. The Morgan fingerprint density at radius 2 is 2.50 bits per heavy atom. The van der Waals surface area contributed by atoms with Gasteiger partial charge in [0.1, 0.15) is 0 Å². The van der Waals surface area contributed by atoms with Crippen molar-refractivity contribution in [3.05, 3.63) is 21.9 Å². The van der Waals surface area contributed by atoms with Crippen molar-refractivity contribution in [3.8, 4) is 0 Å². The van der Waals surface area contributed by atoms with Crippen molar-refractivity contribution >= 4 is 11.3 Å². The van der Waals surface area contributed by atoms with Gasteiger partial charge in [-0.25, -0.2) is 0 Å². The number of aryl methyl sites for hydroxylation is 1. The minimum atomic E-state index is 0.243. The van der Waals surface area contributed by atoms with E-state index in [4.69, 9.17) is 10.6 Å². The Morgan fingerprint density at radius 3 is 3.06 bits per heavy atom. The van der Waals surface area contributed by atoms with Crippen molar-refractivity contribution in [1.29, 1.82) is 0 Å². The van der Waals surface area contributed by atoms with Crippen molar-refractivity contribution in [3.63, 3.8) is 0 Å². The molecule has 3 nitrogen and oxygen atoms in total. The summed E-state index contributed by atoms with van der Waals surface area (Å²) in [5.74, 6) is 6.24. The molecule has 4 heteroatoms. The van der Waals surface area contributed by atoms with Gasteiger partial charge in [0.2, 0.25) is 0 Å². The van der Waals surface area contributed by atoms with Crippen LogP contribution >= 0.6 is 11.3 Å². The molecular weight excluding hydrogens is 220 g/mol. The van der Waals surface area contributed by atoms with E-state index in [0.29, 0.717) is 12.0 Å². The summed E-state index contributed by atoms with van der Waals surface area (Å²) in [7, 11) is 0. The van der Waals surface area contributed by atoms with Crippen LogP contribution in [0.5, 0.6) is 0 Å². The highest BCUT2D eigenvalue weighted by atomic mass is 32.1. The zero-order valence-corrected chi connectivity index (χ0v) is 10.7. The predicted molar refractivity (Wildman–Crippen MR) is 67.3 cm³/mol. The molecule has 1 fully saturated rings. The monoisotopic (exact) mass is 240 g/mol.